The summed E-state index contributed by atoms with van der Waals surface area (Å²) in [5.74, 6) is 0.00576. The van der Waals surface area contributed by atoms with Gasteiger partial charge in [-0.3, -0.25) is 4.79 Å². The molecule has 0 aliphatic carbocycles. The number of hydrogen-bond acceptors (Lipinski definition) is 1. The van der Waals surface area contributed by atoms with Crippen molar-refractivity contribution in [3.63, 3.8) is 0 Å². The third-order valence-corrected chi connectivity index (χ3v) is 3.26. The van der Waals surface area contributed by atoms with E-state index in [1.165, 1.54) is 12.1 Å². The SMILES string of the molecule is O=C(NCCc1ccc(F)cc1)c1cccc(CCl)c1. The van der Waals surface area contributed by atoms with E-state index in [2.05, 4.69) is 5.32 Å². The van der Waals surface area contributed by atoms with Crippen LogP contribution in [0, 0.1) is 5.82 Å². The molecule has 2 rings (SSSR count). The van der Waals surface area contributed by atoms with Gasteiger partial charge >= 0.3 is 0 Å². The van der Waals surface area contributed by atoms with E-state index in [-0.39, 0.29) is 11.7 Å². The molecule has 0 unspecified atom stereocenters. The van der Waals surface area contributed by atoms with Crippen LogP contribution in [0.4, 0.5) is 4.39 Å². The summed E-state index contributed by atoms with van der Waals surface area (Å²) in [6.07, 6.45) is 0.668. The van der Waals surface area contributed by atoms with Crippen molar-refractivity contribution in [2.24, 2.45) is 0 Å². The summed E-state index contributed by atoms with van der Waals surface area (Å²) >= 11 is 5.74. The van der Waals surface area contributed by atoms with Crippen molar-refractivity contribution < 1.29 is 9.18 Å². The third-order valence-electron chi connectivity index (χ3n) is 2.96. The smallest absolute Gasteiger partial charge is 0.251 e. The molecule has 0 atom stereocenters. The van der Waals surface area contributed by atoms with Crippen molar-refractivity contribution in [1.29, 1.82) is 0 Å². The van der Waals surface area contributed by atoms with Crippen LogP contribution in [0.15, 0.2) is 48.5 Å². The number of carbonyl (C=O) groups is 1. The van der Waals surface area contributed by atoms with Gasteiger partial charge in [0.2, 0.25) is 0 Å². The molecule has 0 fully saturated rings. The summed E-state index contributed by atoms with van der Waals surface area (Å²) in [6, 6.07) is 13.5. The van der Waals surface area contributed by atoms with Crippen molar-refractivity contribution in [3.8, 4) is 0 Å². The Balaban J connectivity index is 1.87. The molecular weight excluding hydrogens is 277 g/mol. The first-order valence-corrected chi connectivity index (χ1v) is 6.90. The molecule has 0 aliphatic rings. The van der Waals surface area contributed by atoms with E-state index >= 15 is 0 Å². The summed E-state index contributed by atoms with van der Waals surface area (Å²) in [5, 5.41) is 2.84. The van der Waals surface area contributed by atoms with E-state index in [9.17, 15) is 9.18 Å². The lowest BCUT2D eigenvalue weighted by Gasteiger charge is -2.06. The van der Waals surface area contributed by atoms with Gasteiger partial charge in [0.1, 0.15) is 5.82 Å². The van der Waals surface area contributed by atoms with Gasteiger partial charge in [-0.1, -0.05) is 24.3 Å². The number of hydrogen-bond donors (Lipinski definition) is 1. The summed E-state index contributed by atoms with van der Waals surface area (Å²) in [5.41, 5.74) is 2.50. The second kappa shape index (κ2) is 7.06. The van der Waals surface area contributed by atoms with Gasteiger partial charge in [-0.05, 0) is 41.8 Å². The molecule has 0 aliphatic heterocycles. The van der Waals surface area contributed by atoms with Gasteiger partial charge in [0.15, 0.2) is 0 Å². The molecule has 20 heavy (non-hydrogen) atoms. The lowest BCUT2D eigenvalue weighted by Crippen LogP contribution is -2.25. The van der Waals surface area contributed by atoms with Crippen LogP contribution in [0.2, 0.25) is 0 Å². The van der Waals surface area contributed by atoms with E-state index < -0.39 is 0 Å². The highest BCUT2D eigenvalue weighted by Crippen LogP contribution is 2.08. The molecule has 2 aromatic carbocycles. The molecule has 1 amide bonds. The second-order valence-corrected chi connectivity index (χ2v) is 4.73. The molecule has 2 aromatic rings. The minimum absolute atomic E-state index is 0.126. The van der Waals surface area contributed by atoms with E-state index in [4.69, 9.17) is 11.6 Å². The van der Waals surface area contributed by atoms with Crippen molar-refractivity contribution in [2.45, 2.75) is 12.3 Å². The highest BCUT2D eigenvalue weighted by Gasteiger charge is 2.05. The minimum atomic E-state index is -0.254. The molecule has 0 saturated carbocycles. The molecule has 0 radical (unpaired) electrons. The van der Waals surface area contributed by atoms with Crippen LogP contribution in [-0.4, -0.2) is 12.5 Å². The topological polar surface area (TPSA) is 29.1 Å². The molecule has 2 nitrogen and oxygen atoms in total. The zero-order valence-electron chi connectivity index (χ0n) is 10.9. The van der Waals surface area contributed by atoms with Gasteiger partial charge < -0.3 is 5.32 Å². The maximum atomic E-state index is 12.7. The van der Waals surface area contributed by atoms with Crippen LogP contribution in [0.5, 0.6) is 0 Å². The Kier molecular flexibility index (Phi) is 5.13. The standard InChI is InChI=1S/C16H15ClFNO/c17-11-13-2-1-3-14(10-13)16(20)19-9-8-12-4-6-15(18)7-5-12/h1-7,10H,8-9,11H2,(H,19,20). The minimum Gasteiger partial charge on any atom is -0.352 e. The van der Waals surface area contributed by atoms with E-state index in [0.717, 1.165) is 11.1 Å². The van der Waals surface area contributed by atoms with Gasteiger partial charge in [-0.15, -0.1) is 11.6 Å². The molecule has 0 aromatic heterocycles. The number of carbonyl (C=O) groups excluding carboxylic acids is 1. The fraction of sp³-hybridized carbons (Fsp3) is 0.188. The average Bonchev–Trinajstić information content (AvgIpc) is 2.49. The van der Waals surface area contributed by atoms with Crippen molar-refractivity contribution >= 4 is 17.5 Å². The van der Waals surface area contributed by atoms with Crippen LogP contribution in [0.3, 0.4) is 0 Å². The van der Waals surface area contributed by atoms with Gasteiger partial charge in [-0.25, -0.2) is 4.39 Å². The summed E-state index contributed by atoms with van der Waals surface area (Å²) in [6.45, 7) is 0.509. The number of alkyl halides is 1. The lowest BCUT2D eigenvalue weighted by atomic mass is 10.1. The highest BCUT2D eigenvalue weighted by atomic mass is 35.5. The van der Waals surface area contributed by atoms with Gasteiger partial charge in [-0.2, -0.15) is 0 Å². The molecule has 0 saturated heterocycles. The Morgan fingerprint density at radius 1 is 1.10 bits per heavy atom. The fourth-order valence-corrected chi connectivity index (χ4v) is 2.04. The maximum absolute atomic E-state index is 12.7. The fourth-order valence-electron chi connectivity index (χ4n) is 1.87. The number of halogens is 2. The number of rotatable bonds is 5. The largest absolute Gasteiger partial charge is 0.352 e. The number of amides is 1. The Labute approximate surface area is 122 Å². The first-order chi connectivity index (χ1) is 9.69. The molecule has 0 spiro atoms. The maximum Gasteiger partial charge on any atom is 0.251 e. The van der Waals surface area contributed by atoms with Crippen molar-refractivity contribution in [1.82, 2.24) is 5.32 Å². The Bertz CT molecular complexity index is 583. The van der Waals surface area contributed by atoms with Crippen LogP contribution >= 0.6 is 11.6 Å². The Hall–Kier alpha value is -1.87. The van der Waals surface area contributed by atoms with E-state index in [1.54, 1.807) is 24.3 Å². The Morgan fingerprint density at radius 2 is 1.85 bits per heavy atom. The summed E-state index contributed by atoms with van der Waals surface area (Å²) in [4.78, 5) is 11.9. The highest BCUT2D eigenvalue weighted by molar-refractivity contribution is 6.17. The van der Waals surface area contributed by atoms with Crippen LogP contribution < -0.4 is 5.32 Å². The van der Waals surface area contributed by atoms with Crippen molar-refractivity contribution in [3.05, 3.63) is 71.0 Å². The quantitative estimate of drug-likeness (QED) is 0.839. The first kappa shape index (κ1) is 14.5. The van der Waals surface area contributed by atoms with Gasteiger partial charge in [0, 0.05) is 18.0 Å². The predicted octanol–water partition coefficient (Wildman–Crippen LogP) is 3.54. The monoisotopic (exact) mass is 291 g/mol. The van der Waals surface area contributed by atoms with Crippen molar-refractivity contribution in [2.75, 3.05) is 6.54 Å². The molecule has 104 valence electrons. The zero-order chi connectivity index (χ0) is 14.4. The van der Waals surface area contributed by atoms with Crippen LogP contribution in [0.25, 0.3) is 0 Å². The predicted molar refractivity (Wildman–Crippen MR) is 78.4 cm³/mol. The molecule has 1 N–H and O–H groups in total. The zero-order valence-corrected chi connectivity index (χ0v) is 11.7. The summed E-state index contributed by atoms with van der Waals surface area (Å²) in [7, 11) is 0. The van der Waals surface area contributed by atoms with Crippen LogP contribution in [0.1, 0.15) is 21.5 Å². The molecule has 4 heteroatoms. The van der Waals surface area contributed by atoms with Gasteiger partial charge in [0.05, 0.1) is 0 Å². The second-order valence-electron chi connectivity index (χ2n) is 4.47. The summed E-state index contributed by atoms with van der Waals surface area (Å²) < 4.78 is 12.7. The normalized spacial score (nSPS) is 10.3. The van der Waals surface area contributed by atoms with Crippen LogP contribution in [-0.2, 0) is 12.3 Å². The van der Waals surface area contributed by atoms with E-state index in [1.807, 2.05) is 12.1 Å². The average molecular weight is 292 g/mol. The first-order valence-electron chi connectivity index (χ1n) is 6.36. The third kappa shape index (κ3) is 4.07. The Morgan fingerprint density at radius 3 is 2.55 bits per heavy atom. The molecule has 0 heterocycles. The van der Waals surface area contributed by atoms with Gasteiger partial charge in [0.25, 0.3) is 5.91 Å². The van der Waals surface area contributed by atoms with E-state index in [0.29, 0.717) is 24.4 Å². The lowest BCUT2D eigenvalue weighted by molar-refractivity contribution is 0.0954. The molecule has 0 bridgehead atoms. The molecular formula is C16H15ClFNO. The number of benzene rings is 2. The number of nitrogens with one attached hydrogen (secondary N) is 1.